The molecule has 11 heteroatoms. The molecule has 0 aliphatic rings. The van der Waals surface area contributed by atoms with Gasteiger partial charge in [-0.2, -0.15) is 4.98 Å². The number of benzene rings is 1. The number of amides is 1. The molecule has 0 aliphatic heterocycles. The minimum atomic E-state index is -2.32. The lowest BCUT2D eigenvalue weighted by Gasteiger charge is -2.13. The van der Waals surface area contributed by atoms with Crippen molar-refractivity contribution < 1.29 is 14.1 Å². The molecule has 1 N–H and O–H groups in total. The van der Waals surface area contributed by atoms with E-state index in [2.05, 4.69) is 25.3 Å². The molecule has 0 radical (unpaired) electrons. The molecule has 0 bridgehead atoms. The van der Waals surface area contributed by atoms with Crippen LogP contribution in [-0.4, -0.2) is 46.3 Å². The molecule has 4 heterocycles. The number of nitrogens with zero attached hydrogens (tertiary/aromatic N) is 4. The Kier molecular flexibility index (Phi) is 7.01. The average molecular weight is 564 g/mol. The van der Waals surface area contributed by atoms with Crippen molar-refractivity contribution in [1.29, 1.82) is 0 Å². The number of fused-ring (bicyclic) bond motifs is 1. The molecule has 0 aliphatic carbocycles. The molecule has 5 rings (SSSR count). The summed E-state index contributed by atoms with van der Waals surface area (Å²) in [4.78, 5) is 30.7. The average Bonchev–Trinajstić information content (AvgIpc) is 3.29. The highest BCUT2D eigenvalue weighted by Gasteiger charge is 2.20. The van der Waals surface area contributed by atoms with Crippen LogP contribution in [0.3, 0.4) is 0 Å². The van der Waals surface area contributed by atoms with Crippen LogP contribution in [0.4, 0.5) is 5.13 Å². The number of hydrogen-bond acceptors (Lipinski definition) is 8. The molecule has 0 atom stereocenters. The van der Waals surface area contributed by atoms with Crippen molar-refractivity contribution in [3.8, 4) is 28.0 Å². The first-order valence-corrected chi connectivity index (χ1v) is 15.3. The maximum Gasteiger partial charge on any atom is 0.259 e. The number of aromatic nitrogens is 4. The maximum absolute atomic E-state index is 13.4. The number of aryl methyl sites for hydroxylation is 1. The number of carbonyl (C=O) groups is 1. The lowest BCUT2D eigenvalue weighted by Crippen LogP contribution is -2.14. The highest BCUT2D eigenvalue weighted by Crippen LogP contribution is 2.36. The highest BCUT2D eigenvalue weighted by atomic mass is 35.5. The third-order valence-electron chi connectivity index (χ3n) is 5.92. The minimum absolute atomic E-state index is 0.280. The Morgan fingerprint density at radius 2 is 1.74 bits per heavy atom. The molecule has 5 aromatic rings. The van der Waals surface area contributed by atoms with Crippen molar-refractivity contribution >= 4 is 56.8 Å². The highest BCUT2D eigenvalue weighted by molar-refractivity contribution is 7.70. The largest absolute Gasteiger partial charge is 0.494 e. The first-order valence-electron chi connectivity index (χ1n) is 11.5. The fourth-order valence-corrected chi connectivity index (χ4v) is 5.85. The van der Waals surface area contributed by atoms with Crippen LogP contribution in [0.25, 0.3) is 32.6 Å². The van der Waals surface area contributed by atoms with E-state index in [0.29, 0.717) is 33.2 Å². The molecular formula is C27H23ClN5O3PS. The summed E-state index contributed by atoms with van der Waals surface area (Å²) >= 11 is 7.47. The van der Waals surface area contributed by atoms with E-state index in [-0.39, 0.29) is 11.1 Å². The lowest BCUT2D eigenvalue weighted by atomic mass is 10.0. The summed E-state index contributed by atoms with van der Waals surface area (Å²) in [5.74, 6) is 0.111. The number of hydrogen-bond donors (Lipinski definition) is 1. The summed E-state index contributed by atoms with van der Waals surface area (Å²) < 4.78 is 18.6. The molecule has 4 aromatic heterocycles. The third kappa shape index (κ3) is 5.31. The zero-order valence-electron chi connectivity index (χ0n) is 21.0. The SMILES string of the molecule is COc1cnc(Cl)cc1-c1cc(C)ncc1C(=O)Nc1nc2ncc(-c3ccc(P(C)(C)=O)cc3)cc2s1. The van der Waals surface area contributed by atoms with Gasteiger partial charge in [0.25, 0.3) is 5.91 Å². The van der Waals surface area contributed by atoms with E-state index in [9.17, 15) is 9.36 Å². The molecule has 38 heavy (non-hydrogen) atoms. The van der Waals surface area contributed by atoms with Crippen LogP contribution in [0, 0.1) is 6.92 Å². The standard InChI is InChI=1S/C27H23ClN5O3PS/c1-15-9-19(20-11-24(28)30-14-22(20)36-2)21(13-29-15)26(34)33-27-32-25-23(38-27)10-17(12-31-25)16-5-7-18(8-6-16)37(3,4)35/h5-14H,1-4H3,(H,31,32,33,34). The summed E-state index contributed by atoms with van der Waals surface area (Å²) in [7, 11) is -0.790. The van der Waals surface area contributed by atoms with Gasteiger partial charge in [-0.05, 0) is 44.0 Å². The Balaban J connectivity index is 1.45. The zero-order valence-corrected chi connectivity index (χ0v) is 23.5. The number of thiazole rings is 1. The van der Waals surface area contributed by atoms with Gasteiger partial charge in [0, 0.05) is 40.1 Å². The van der Waals surface area contributed by atoms with Gasteiger partial charge in [-0.15, -0.1) is 0 Å². The van der Waals surface area contributed by atoms with Gasteiger partial charge in [0.05, 0.1) is 23.6 Å². The number of ether oxygens (including phenoxy) is 1. The number of carbonyl (C=O) groups excluding carboxylic acids is 1. The van der Waals surface area contributed by atoms with Crippen LogP contribution in [0.5, 0.6) is 5.75 Å². The van der Waals surface area contributed by atoms with E-state index in [0.717, 1.165) is 26.8 Å². The van der Waals surface area contributed by atoms with Gasteiger partial charge in [0.1, 0.15) is 18.0 Å². The quantitative estimate of drug-likeness (QED) is 0.191. The van der Waals surface area contributed by atoms with E-state index in [1.165, 1.54) is 30.8 Å². The van der Waals surface area contributed by atoms with Crippen LogP contribution in [0.2, 0.25) is 5.15 Å². The summed E-state index contributed by atoms with van der Waals surface area (Å²) in [6.07, 6.45) is 4.77. The molecule has 0 spiro atoms. The monoisotopic (exact) mass is 563 g/mol. The molecule has 0 unspecified atom stereocenters. The fraction of sp³-hybridized carbons (Fsp3) is 0.148. The molecule has 0 saturated carbocycles. The smallest absolute Gasteiger partial charge is 0.259 e. The van der Waals surface area contributed by atoms with E-state index in [4.69, 9.17) is 16.3 Å². The summed E-state index contributed by atoms with van der Waals surface area (Å²) in [5, 5.41) is 4.40. The maximum atomic E-state index is 13.4. The van der Waals surface area contributed by atoms with Crippen molar-refractivity contribution in [2.24, 2.45) is 0 Å². The van der Waals surface area contributed by atoms with Crippen LogP contribution in [-0.2, 0) is 4.57 Å². The van der Waals surface area contributed by atoms with Crippen LogP contribution in [0.1, 0.15) is 16.1 Å². The van der Waals surface area contributed by atoms with Crippen molar-refractivity contribution in [3.05, 3.63) is 77.5 Å². The van der Waals surface area contributed by atoms with Gasteiger partial charge in [-0.25, -0.2) is 9.97 Å². The van der Waals surface area contributed by atoms with Gasteiger partial charge in [0.2, 0.25) is 0 Å². The normalized spacial score (nSPS) is 11.5. The number of rotatable bonds is 6. The van der Waals surface area contributed by atoms with Gasteiger partial charge in [0.15, 0.2) is 10.8 Å². The Morgan fingerprint density at radius 1 is 0.974 bits per heavy atom. The molecule has 0 saturated heterocycles. The van der Waals surface area contributed by atoms with Crippen molar-refractivity contribution in [2.75, 3.05) is 25.8 Å². The second kappa shape index (κ2) is 10.3. The Bertz CT molecular complexity index is 1730. The summed E-state index contributed by atoms with van der Waals surface area (Å²) in [6.45, 7) is 5.34. The number of pyridine rings is 3. The van der Waals surface area contributed by atoms with E-state index in [1.54, 1.807) is 31.7 Å². The van der Waals surface area contributed by atoms with Gasteiger partial charge >= 0.3 is 0 Å². The van der Waals surface area contributed by atoms with Crippen molar-refractivity contribution in [3.63, 3.8) is 0 Å². The Hall–Kier alpha value is -3.65. The second-order valence-corrected chi connectivity index (χ2v) is 13.6. The van der Waals surface area contributed by atoms with Crippen LogP contribution in [0.15, 0.2) is 61.1 Å². The molecule has 8 nitrogen and oxygen atoms in total. The fourth-order valence-electron chi connectivity index (χ4n) is 3.96. The van der Waals surface area contributed by atoms with E-state index < -0.39 is 7.14 Å². The predicted octanol–water partition coefficient (Wildman–Crippen LogP) is 6.29. The van der Waals surface area contributed by atoms with Crippen LogP contribution >= 0.6 is 30.1 Å². The second-order valence-electron chi connectivity index (χ2n) is 9.00. The molecule has 0 fully saturated rings. The zero-order chi connectivity index (χ0) is 27.0. The van der Waals surface area contributed by atoms with E-state index in [1.807, 2.05) is 37.3 Å². The van der Waals surface area contributed by atoms with Crippen molar-refractivity contribution in [2.45, 2.75) is 6.92 Å². The molecule has 192 valence electrons. The summed E-state index contributed by atoms with van der Waals surface area (Å²) in [6, 6.07) is 13.1. The first-order chi connectivity index (χ1) is 18.1. The molecule has 1 amide bonds. The first kappa shape index (κ1) is 26.0. The molecule has 1 aromatic carbocycles. The van der Waals surface area contributed by atoms with Gasteiger partial charge < -0.3 is 9.30 Å². The summed E-state index contributed by atoms with van der Waals surface area (Å²) in [5.41, 5.74) is 4.71. The number of methoxy groups -OCH3 is 1. The molecular weight excluding hydrogens is 541 g/mol. The van der Waals surface area contributed by atoms with Crippen LogP contribution < -0.4 is 15.4 Å². The Labute approximate surface area is 228 Å². The van der Waals surface area contributed by atoms with Gasteiger partial charge in [-0.1, -0.05) is 47.2 Å². The number of nitrogens with one attached hydrogen (secondary N) is 1. The number of anilines is 1. The predicted molar refractivity (Wildman–Crippen MR) is 154 cm³/mol. The minimum Gasteiger partial charge on any atom is -0.494 e. The topological polar surface area (TPSA) is 107 Å². The van der Waals surface area contributed by atoms with Gasteiger partial charge in [-0.3, -0.25) is 15.1 Å². The van der Waals surface area contributed by atoms with E-state index >= 15 is 0 Å². The lowest BCUT2D eigenvalue weighted by molar-refractivity contribution is 0.102. The Morgan fingerprint density at radius 3 is 2.45 bits per heavy atom. The third-order valence-corrected chi connectivity index (χ3v) is 8.57. The van der Waals surface area contributed by atoms with Crippen molar-refractivity contribution in [1.82, 2.24) is 19.9 Å². The number of halogens is 1.